The summed E-state index contributed by atoms with van der Waals surface area (Å²) in [6.07, 6.45) is 2.13. The minimum Gasteiger partial charge on any atom is -0.508 e. The number of hydrogen-bond acceptors (Lipinski definition) is 5. The number of nitrogen functional groups attached to an aromatic ring is 1. The van der Waals surface area contributed by atoms with E-state index in [2.05, 4.69) is 16.0 Å². The number of aromatic nitrogens is 1. The molecule has 0 radical (unpaired) electrons. The van der Waals surface area contributed by atoms with Crippen LogP contribution in [0.5, 0.6) is 5.75 Å². The summed E-state index contributed by atoms with van der Waals surface area (Å²) < 4.78 is 0. The van der Waals surface area contributed by atoms with Crippen molar-refractivity contribution in [2.24, 2.45) is 0 Å². The molecule has 0 atom stereocenters. The fourth-order valence-corrected chi connectivity index (χ4v) is 3.95. The van der Waals surface area contributed by atoms with Gasteiger partial charge in [-0.05, 0) is 31.0 Å². The molecule has 5 rings (SSSR count). The lowest BCUT2D eigenvalue weighted by Gasteiger charge is -2.42. The Morgan fingerprint density at radius 2 is 2.09 bits per heavy atom. The summed E-state index contributed by atoms with van der Waals surface area (Å²) in [4.78, 5) is 6.79. The lowest BCUT2D eigenvalue weighted by molar-refractivity contribution is 0.465. The Labute approximate surface area is 138 Å². The molecular weight excluding hydrogens is 312 g/mol. The molecule has 1 aromatic carbocycles. The molecule has 3 aliphatic rings. The second kappa shape index (κ2) is 5.04. The van der Waals surface area contributed by atoms with E-state index >= 15 is 0 Å². The third-order valence-corrected chi connectivity index (χ3v) is 5.07. The lowest BCUT2D eigenvalue weighted by Crippen LogP contribution is -2.40. The average Bonchev–Trinajstić information content (AvgIpc) is 2.55. The van der Waals surface area contributed by atoms with Crippen LogP contribution in [0, 0.1) is 11.3 Å². The van der Waals surface area contributed by atoms with Crippen LogP contribution in [0.1, 0.15) is 30.0 Å². The topological polar surface area (TPSA) is 86.2 Å². The first-order valence-corrected chi connectivity index (χ1v) is 7.95. The van der Waals surface area contributed by atoms with E-state index in [1.54, 1.807) is 12.1 Å². The first-order valence-electron chi connectivity index (χ1n) is 7.57. The monoisotopic (exact) mass is 326 g/mol. The molecule has 2 aromatic rings. The molecule has 23 heavy (non-hydrogen) atoms. The van der Waals surface area contributed by atoms with Crippen molar-refractivity contribution in [3.8, 4) is 22.9 Å². The van der Waals surface area contributed by atoms with Gasteiger partial charge in [0.1, 0.15) is 23.2 Å². The normalized spacial score (nSPS) is 16.3. The number of nitrogens with zero attached hydrogens (tertiary/aromatic N) is 3. The summed E-state index contributed by atoms with van der Waals surface area (Å²) in [5.74, 6) is 0.730. The second-order valence-electron chi connectivity index (χ2n) is 6.02. The van der Waals surface area contributed by atoms with Crippen LogP contribution >= 0.6 is 11.6 Å². The van der Waals surface area contributed by atoms with Gasteiger partial charge in [0.05, 0.1) is 16.4 Å². The Morgan fingerprint density at radius 3 is 2.74 bits per heavy atom. The predicted octanol–water partition coefficient (Wildman–Crippen LogP) is 3.26. The Morgan fingerprint density at radius 1 is 1.35 bits per heavy atom. The summed E-state index contributed by atoms with van der Waals surface area (Å²) in [6, 6.07) is 6.97. The maximum Gasteiger partial charge on any atom is 0.142 e. The van der Waals surface area contributed by atoms with Crippen molar-refractivity contribution < 1.29 is 5.11 Å². The fraction of sp³-hybridized carbons (Fsp3) is 0.294. The summed E-state index contributed by atoms with van der Waals surface area (Å²) in [7, 11) is 0. The van der Waals surface area contributed by atoms with Gasteiger partial charge in [0.2, 0.25) is 0 Å². The highest BCUT2D eigenvalue weighted by Crippen LogP contribution is 2.49. The minimum atomic E-state index is 0.0926. The highest BCUT2D eigenvalue weighted by Gasteiger charge is 2.36. The second-order valence-corrected chi connectivity index (χ2v) is 6.43. The van der Waals surface area contributed by atoms with Crippen LogP contribution in [0.15, 0.2) is 18.2 Å². The van der Waals surface area contributed by atoms with E-state index in [-0.39, 0.29) is 11.6 Å². The molecule has 0 amide bonds. The van der Waals surface area contributed by atoms with Gasteiger partial charge in [-0.3, -0.25) is 0 Å². The van der Waals surface area contributed by atoms with Crippen LogP contribution in [0.25, 0.3) is 11.1 Å². The number of phenols is 1. The van der Waals surface area contributed by atoms with Crippen LogP contribution < -0.4 is 10.6 Å². The van der Waals surface area contributed by atoms with Crippen molar-refractivity contribution in [3.63, 3.8) is 0 Å². The van der Waals surface area contributed by atoms with E-state index in [0.717, 1.165) is 42.9 Å². The number of benzene rings is 1. The SMILES string of the molecule is N#Cc1c(N)nc2c(c1-c1ccc(O)cc1Cl)N1CCC2CC1. The van der Waals surface area contributed by atoms with E-state index < -0.39 is 0 Å². The zero-order valence-corrected chi connectivity index (χ0v) is 13.1. The molecule has 1 aromatic heterocycles. The third kappa shape index (κ3) is 2.02. The summed E-state index contributed by atoms with van der Waals surface area (Å²) in [5.41, 5.74) is 9.81. The molecule has 1 fully saturated rings. The number of hydrogen-bond donors (Lipinski definition) is 2. The van der Waals surface area contributed by atoms with Gasteiger partial charge in [0.15, 0.2) is 0 Å². The van der Waals surface area contributed by atoms with Gasteiger partial charge in [-0.15, -0.1) is 0 Å². The number of rotatable bonds is 1. The standard InChI is InChI=1S/C17H15ClN4O/c18-13-7-10(23)1-2-11(13)14-12(8-19)17(20)21-15-9-3-5-22(6-4-9)16(14)15/h1-2,7,9,23H,3-6H2,(H2,20,21). The third-order valence-electron chi connectivity index (χ3n) is 4.76. The number of nitrogens with two attached hydrogens (primary N) is 1. The molecule has 3 aliphatic heterocycles. The number of phenolic OH excluding ortho intramolecular Hbond substituents is 1. The van der Waals surface area contributed by atoms with Crippen molar-refractivity contribution in [3.05, 3.63) is 34.5 Å². The number of aromatic hydroxyl groups is 1. The molecule has 0 unspecified atom stereocenters. The molecule has 1 saturated heterocycles. The maximum atomic E-state index is 9.61. The molecule has 4 heterocycles. The fourth-order valence-electron chi connectivity index (χ4n) is 3.68. The van der Waals surface area contributed by atoms with Crippen LogP contribution in [0.4, 0.5) is 11.5 Å². The maximum absolute atomic E-state index is 9.61. The first-order chi connectivity index (χ1) is 11.1. The van der Waals surface area contributed by atoms with Gasteiger partial charge in [-0.25, -0.2) is 4.98 Å². The van der Waals surface area contributed by atoms with Gasteiger partial charge >= 0.3 is 0 Å². The quantitative estimate of drug-likeness (QED) is 0.840. The van der Waals surface area contributed by atoms with Gasteiger partial charge in [0, 0.05) is 30.1 Å². The van der Waals surface area contributed by atoms with Crippen molar-refractivity contribution in [1.82, 2.24) is 4.98 Å². The highest BCUT2D eigenvalue weighted by molar-refractivity contribution is 6.33. The van der Waals surface area contributed by atoms with Crippen molar-refractivity contribution >= 4 is 23.1 Å². The summed E-state index contributed by atoms with van der Waals surface area (Å²) >= 11 is 6.34. The Hall–Kier alpha value is -2.45. The number of fused-ring (bicyclic) bond motifs is 2. The zero-order valence-electron chi connectivity index (χ0n) is 12.4. The van der Waals surface area contributed by atoms with Crippen LogP contribution in [-0.2, 0) is 0 Å². The van der Waals surface area contributed by atoms with Crippen molar-refractivity contribution in [2.75, 3.05) is 23.7 Å². The number of anilines is 2. The highest BCUT2D eigenvalue weighted by atomic mass is 35.5. The Kier molecular flexibility index (Phi) is 3.10. The average molecular weight is 327 g/mol. The number of piperidine rings is 1. The van der Waals surface area contributed by atoms with E-state index in [9.17, 15) is 10.4 Å². The molecule has 0 aliphatic carbocycles. The number of nitriles is 1. The first kappa shape index (κ1) is 14.2. The molecule has 6 heteroatoms. The Balaban J connectivity index is 2.07. The van der Waals surface area contributed by atoms with E-state index in [1.807, 2.05) is 0 Å². The molecular formula is C17H15ClN4O. The summed E-state index contributed by atoms with van der Waals surface area (Å²) in [5, 5.41) is 19.6. The predicted molar refractivity (Wildman–Crippen MR) is 89.7 cm³/mol. The van der Waals surface area contributed by atoms with Gasteiger partial charge in [0.25, 0.3) is 0 Å². The molecule has 3 N–H and O–H groups in total. The number of pyridine rings is 1. The molecule has 5 nitrogen and oxygen atoms in total. The summed E-state index contributed by atoms with van der Waals surface area (Å²) in [6.45, 7) is 1.91. The lowest BCUT2D eigenvalue weighted by atomic mass is 9.83. The van der Waals surface area contributed by atoms with Crippen LogP contribution in [0.2, 0.25) is 5.02 Å². The van der Waals surface area contributed by atoms with Gasteiger partial charge in [-0.2, -0.15) is 5.26 Å². The van der Waals surface area contributed by atoms with E-state index in [1.165, 1.54) is 6.07 Å². The molecule has 116 valence electrons. The number of halogens is 1. The van der Waals surface area contributed by atoms with Crippen molar-refractivity contribution in [2.45, 2.75) is 18.8 Å². The van der Waals surface area contributed by atoms with Crippen LogP contribution in [-0.4, -0.2) is 23.2 Å². The van der Waals surface area contributed by atoms with E-state index in [0.29, 0.717) is 22.1 Å². The minimum absolute atomic E-state index is 0.0926. The molecule has 2 bridgehead atoms. The van der Waals surface area contributed by atoms with Crippen molar-refractivity contribution in [1.29, 1.82) is 5.26 Å². The molecule has 0 spiro atoms. The van der Waals surface area contributed by atoms with Crippen LogP contribution in [0.3, 0.4) is 0 Å². The van der Waals surface area contributed by atoms with Gasteiger partial charge < -0.3 is 15.7 Å². The van der Waals surface area contributed by atoms with E-state index in [4.69, 9.17) is 17.3 Å². The molecule has 0 saturated carbocycles. The Bertz CT molecular complexity index is 851. The van der Waals surface area contributed by atoms with Gasteiger partial charge in [-0.1, -0.05) is 11.6 Å². The zero-order chi connectivity index (χ0) is 16.1. The smallest absolute Gasteiger partial charge is 0.142 e. The largest absolute Gasteiger partial charge is 0.508 e.